The van der Waals surface area contributed by atoms with Crippen molar-refractivity contribution < 1.29 is 5.11 Å². The lowest BCUT2D eigenvalue weighted by Crippen LogP contribution is -2.51. The summed E-state index contributed by atoms with van der Waals surface area (Å²) >= 11 is 0. The molecular weight excluding hydrogens is 168 g/mol. The van der Waals surface area contributed by atoms with E-state index in [1.165, 1.54) is 0 Å². The maximum absolute atomic E-state index is 9.07. The normalized spacial score (nSPS) is 17.2. The molecule has 1 aromatic rings. The molecule has 0 atom stereocenters. The van der Waals surface area contributed by atoms with Gasteiger partial charge in [0, 0.05) is 19.6 Å². The van der Waals surface area contributed by atoms with Crippen LogP contribution >= 0.6 is 0 Å². The Bertz CT molecular complexity index is 281. The second-order valence-corrected chi connectivity index (χ2v) is 3.13. The van der Waals surface area contributed by atoms with Gasteiger partial charge in [-0.25, -0.2) is 4.98 Å². The van der Waals surface area contributed by atoms with Crippen molar-refractivity contribution >= 4 is 5.82 Å². The summed E-state index contributed by atoms with van der Waals surface area (Å²) in [5.74, 6) is 0.808. The fourth-order valence-electron chi connectivity index (χ4n) is 1.26. The van der Waals surface area contributed by atoms with Crippen molar-refractivity contribution in [1.29, 1.82) is 0 Å². The highest BCUT2D eigenvalue weighted by atomic mass is 16.3. The van der Waals surface area contributed by atoms with Gasteiger partial charge < -0.3 is 15.7 Å². The summed E-state index contributed by atoms with van der Waals surface area (Å²) < 4.78 is 0. The molecule has 1 aliphatic rings. The molecule has 0 aliphatic carbocycles. The maximum Gasteiger partial charge on any atom is 0.147 e. The molecule has 3 N–H and O–H groups in total. The highest BCUT2D eigenvalue weighted by Gasteiger charge is 2.25. The molecule has 1 aliphatic heterocycles. The van der Waals surface area contributed by atoms with Gasteiger partial charge in [-0.2, -0.15) is 0 Å². The Balaban J connectivity index is 2.06. The molecule has 0 aromatic carbocycles. The summed E-state index contributed by atoms with van der Waals surface area (Å²) in [6.07, 6.45) is 3.14. The average molecular weight is 180 g/mol. The molecule has 0 saturated carbocycles. The molecule has 1 aromatic heterocycles. The Labute approximate surface area is 76.2 Å². The first kappa shape index (κ1) is 8.40. The van der Waals surface area contributed by atoms with E-state index < -0.39 is 0 Å². The predicted octanol–water partition coefficient (Wildman–Crippen LogP) is -0.884. The van der Waals surface area contributed by atoms with E-state index in [9.17, 15) is 0 Å². The lowest BCUT2D eigenvalue weighted by Gasteiger charge is -2.36. The zero-order chi connectivity index (χ0) is 9.26. The van der Waals surface area contributed by atoms with Gasteiger partial charge in [-0.05, 0) is 0 Å². The summed E-state index contributed by atoms with van der Waals surface area (Å²) in [5, 5.41) is 9.07. The van der Waals surface area contributed by atoms with Crippen molar-refractivity contribution in [3.63, 3.8) is 0 Å². The van der Waals surface area contributed by atoms with Gasteiger partial charge in [-0.1, -0.05) is 0 Å². The van der Waals surface area contributed by atoms with Crippen molar-refractivity contribution in [1.82, 2.24) is 9.97 Å². The van der Waals surface area contributed by atoms with Crippen LogP contribution in [0.15, 0.2) is 12.4 Å². The molecule has 0 radical (unpaired) electrons. The van der Waals surface area contributed by atoms with Crippen molar-refractivity contribution in [3.8, 4) is 0 Å². The molecule has 1 fully saturated rings. The van der Waals surface area contributed by atoms with Crippen LogP contribution in [0.3, 0.4) is 0 Å². The summed E-state index contributed by atoms with van der Waals surface area (Å²) in [6.45, 7) is 1.71. The minimum atomic E-state index is -0.212. The van der Waals surface area contributed by atoms with Crippen molar-refractivity contribution in [3.05, 3.63) is 18.1 Å². The number of nitrogens with zero attached hydrogens (tertiary/aromatic N) is 3. The SMILES string of the molecule is NCc1cnc(N2CC(O)C2)cn1. The number of nitrogens with two attached hydrogens (primary N) is 1. The Hall–Kier alpha value is -1.20. The third-order valence-electron chi connectivity index (χ3n) is 2.09. The topological polar surface area (TPSA) is 75.3 Å². The maximum atomic E-state index is 9.07. The Kier molecular flexibility index (Phi) is 2.12. The monoisotopic (exact) mass is 180 g/mol. The standard InChI is InChI=1S/C8H12N4O/c9-1-6-2-11-8(3-10-6)12-4-7(13)5-12/h2-3,7,13H,1,4-5,9H2. The number of hydrogen-bond acceptors (Lipinski definition) is 5. The molecule has 1 saturated heterocycles. The van der Waals surface area contributed by atoms with Gasteiger partial charge in [0.1, 0.15) is 5.82 Å². The zero-order valence-electron chi connectivity index (χ0n) is 7.22. The zero-order valence-corrected chi connectivity index (χ0v) is 7.22. The van der Waals surface area contributed by atoms with Crippen LogP contribution in [0.1, 0.15) is 5.69 Å². The van der Waals surface area contributed by atoms with Crippen molar-refractivity contribution in [2.24, 2.45) is 5.73 Å². The minimum Gasteiger partial charge on any atom is -0.389 e. The van der Waals surface area contributed by atoms with E-state index in [-0.39, 0.29) is 6.10 Å². The predicted molar refractivity (Wildman–Crippen MR) is 48.1 cm³/mol. The van der Waals surface area contributed by atoms with Crippen LogP contribution in [0.2, 0.25) is 0 Å². The first-order chi connectivity index (χ1) is 6.29. The molecule has 0 unspecified atom stereocenters. The lowest BCUT2D eigenvalue weighted by molar-refractivity contribution is 0.141. The number of aliphatic hydroxyl groups is 1. The van der Waals surface area contributed by atoms with Crippen LogP contribution in [0.4, 0.5) is 5.82 Å². The van der Waals surface area contributed by atoms with Crippen LogP contribution in [0, 0.1) is 0 Å². The minimum absolute atomic E-state index is 0.212. The van der Waals surface area contributed by atoms with Gasteiger partial charge in [0.05, 0.1) is 24.2 Å². The molecule has 13 heavy (non-hydrogen) atoms. The largest absolute Gasteiger partial charge is 0.389 e. The highest BCUT2D eigenvalue weighted by molar-refractivity contribution is 5.39. The van der Waals surface area contributed by atoms with Gasteiger partial charge >= 0.3 is 0 Å². The quantitative estimate of drug-likeness (QED) is 0.618. The van der Waals surface area contributed by atoms with Gasteiger partial charge in [-0.3, -0.25) is 4.98 Å². The fourth-order valence-corrected chi connectivity index (χ4v) is 1.26. The highest BCUT2D eigenvalue weighted by Crippen LogP contribution is 2.16. The van der Waals surface area contributed by atoms with E-state index in [0.29, 0.717) is 19.6 Å². The molecule has 2 heterocycles. The van der Waals surface area contributed by atoms with Crippen molar-refractivity contribution in [2.75, 3.05) is 18.0 Å². The van der Waals surface area contributed by atoms with E-state index in [2.05, 4.69) is 9.97 Å². The van der Waals surface area contributed by atoms with E-state index in [1.54, 1.807) is 12.4 Å². The molecule has 0 bridgehead atoms. The molecule has 5 nitrogen and oxygen atoms in total. The second kappa shape index (κ2) is 3.27. The Morgan fingerprint density at radius 1 is 1.46 bits per heavy atom. The molecule has 0 spiro atoms. The van der Waals surface area contributed by atoms with E-state index in [4.69, 9.17) is 10.8 Å². The number of anilines is 1. The number of β-amino-alcohol motifs (C(OH)–C–C–N with tert-alkyl or cyclic N) is 1. The summed E-state index contributed by atoms with van der Waals surface area (Å²) in [7, 11) is 0. The number of aliphatic hydroxyl groups excluding tert-OH is 1. The smallest absolute Gasteiger partial charge is 0.147 e. The van der Waals surface area contributed by atoms with E-state index in [0.717, 1.165) is 11.5 Å². The molecule has 0 amide bonds. The van der Waals surface area contributed by atoms with E-state index in [1.807, 2.05) is 4.90 Å². The first-order valence-electron chi connectivity index (χ1n) is 4.23. The van der Waals surface area contributed by atoms with E-state index >= 15 is 0 Å². The molecular formula is C8H12N4O. The second-order valence-electron chi connectivity index (χ2n) is 3.13. The third-order valence-corrected chi connectivity index (χ3v) is 2.09. The lowest BCUT2D eigenvalue weighted by atomic mass is 10.2. The Morgan fingerprint density at radius 3 is 2.69 bits per heavy atom. The van der Waals surface area contributed by atoms with Gasteiger partial charge in [0.15, 0.2) is 0 Å². The molecule has 5 heteroatoms. The van der Waals surface area contributed by atoms with Gasteiger partial charge in [0.2, 0.25) is 0 Å². The van der Waals surface area contributed by atoms with Crippen LogP contribution in [-0.2, 0) is 6.54 Å². The average Bonchev–Trinajstić information content (AvgIpc) is 2.13. The number of hydrogen-bond donors (Lipinski definition) is 2. The number of rotatable bonds is 2. The molecule has 2 rings (SSSR count). The van der Waals surface area contributed by atoms with Gasteiger partial charge in [-0.15, -0.1) is 0 Å². The van der Waals surface area contributed by atoms with Crippen LogP contribution < -0.4 is 10.6 Å². The number of aromatic nitrogens is 2. The summed E-state index contributed by atoms with van der Waals surface area (Å²) in [4.78, 5) is 10.3. The van der Waals surface area contributed by atoms with Crippen molar-refractivity contribution in [2.45, 2.75) is 12.6 Å². The van der Waals surface area contributed by atoms with Crippen LogP contribution in [0.5, 0.6) is 0 Å². The fraction of sp³-hybridized carbons (Fsp3) is 0.500. The van der Waals surface area contributed by atoms with Gasteiger partial charge in [0.25, 0.3) is 0 Å². The third kappa shape index (κ3) is 1.61. The summed E-state index contributed by atoms with van der Waals surface area (Å²) in [6, 6.07) is 0. The van der Waals surface area contributed by atoms with Crippen LogP contribution in [0.25, 0.3) is 0 Å². The summed E-state index contributed by atoms with van der Waals surface area (Å²) in [5.41, 5.74) is 6.17. The first-order valence-corrected chi connectivity index (χ1v) is 4.23. The van der Waals surface area contributed by atoms with Crippen LogP contribution in [-0.4, -0.2) is 34.3 Å². The Morgan fingerprint density at radius 2 is 2.23 bits per heavy atom. The molecule has 70 valence electrons.